The van der Waals surface area contributed by atoms with Crippen LogP contribution in [0.15, 0.2) is 60.7 Å². The van der Waals surface area contributed by atoms with E-state index in [0.717, 1.165) is 0 Å². The van der Waals surface area contributed by atoms with E-state index in [9.17, 15) is 0 Å². The molecule has 0 spiro atoms. The molecule has 0 aliphatic rings. The van der Waals surface area contributed by atoms with Crippen LogP contribution in [-0.4, -0.2) is 7.85 Å². The minimum absolute atomic E-state index is 1.27. The SMILES string of the molecule is Bc1ccc(-c2cccc(I)c2)c2ccccc12. The molecule has 0 radical (unpaired) electrons. The minimum atomic E-state index is 1.27. The van der Waals surface area contributed by atoms with Gasteiger partial charge in [0.2, 0.25) is 0 Å². The molecule has 0 saturated heterocycles. The molecule has 0 heterocycles. The number of hydrogen-bond donors (Lipinski definition) is 0. The number of rotatable bonds is 1. The summed E-state index contributed by atoms with van der Waals surface area (Å²) in [5, 5.41) is 2.67. The summed E-state index contributed by atoms with van der Waals surface area (Å²) in [5.74, 6) is 0. The lowest BCUT2D eigenvalue weighted by atomic mass is 9.86. The van der Waals surface area contributed by atoms with Crippen LogP contribution in [0, 0.1) is 3.57 Å². The van der Waals surface area contributed by atoms with E-state index >= 15 is 0 Å². The lowest BCUT2D eigenvalue weighted by molar-refractivity contribution is 1.62. The minimum Gasteiger partial charge on any atom is -0.0812 e. The predicted molar refractivity (Wildman–Crippen MR) is 90.3 cm³/mol. The summed E-state index contributed by atoms with van der Waals surface area (Å²) in [5.41, 5.74) is 3.94. The summed E-state index contributed by atoms with van der Waals surface area (Å²) in [6.45, 7) is 0. The summed E-state index contributed by atoms with van der Waals surface area (Å²) in [6.07, 6.45) is 0. The van der Waals surface area contributed by atoms with E-state index in [0.29, 0.717) is 0 Å². The van der Waals surface area contributed by atoms with Crippen molar-refractivity contribution in [1.82, 2.24) is 0 Å². The molecule has 0 nitrogen and oxygen atoms in total. The molecule has 2 heteroatoms. The van der Waals surface area contributed by atoms with Gasteiger partial charge in [0.15, 0.2) is 0 Å². The van der Waals surface area contributed by atoms with Gasteiger partial charge in [-0.05, 0) is 56.6 Å². The number of fused-ring (bicyclic) bond motifs is 1. The summed E-state index contributed by atoms with van der Waals surface area (Å²) in [4.78, 5) is 0. The van der Waals surface area contributed by atoms with Gasteiger partial charge in [0.05, 0.1) is 0 Å². The first-order chi connectivity index (χ1) is 8.75. The van der Waals surface area contributed by atoms with E-state index in [1.165, 1.54) is 30.9 Å². The molecule has 3 rings (SSSR count). The highest BCUT2D eigenvalue weighted by Crippen LogP contribution is 2.28. The molecule has 0 unspecified atom stereocenters. The van der Waals surface area contributed by atoms with Crippen LogP contribution in [0.5, 0.6) is 0 Å². The van der Waals surface area contributed by atoms with Crippen LogP contribution in [0.1, 0.15) is 0 Å². The molecule has 3 aromatic rings. The molecular weight excluding hydrogens is 330 g/mol. The van der Waals surface area contributed by atoms with Gasteiger partial charge in [-0.3, -0.25) is 0 Å². The third kappa shape index (κ3) is 2.05. The number of benzene rings is 3. The first kappa shape index (κ1) is 11.8. The second-order valence-electron chi connectivity index (χ2n) is 4.49. The van der Waals surface area contributed by atoms with Crippen LogP contribution in [0.25, 0.3) is 21.9 Å². The lowest BCUT2D eigenvalue weighted by Crippen LogP contribution is -2.03. The van der Waals surface area contributed by atoms with Crippen molar-refractivity contribution in [3.8, 4) is 11.1 Å². The van der Waals surface area contributed by atoms with E-state index in [-0.39, 0.29) is 0 Å². The zero-order valence-corrected chi connectivity index (χ0v) is 12.3. The van der Waals surface area contributed by atoms with Crippen molar-refractivity contribution in [3.05, 3.63) is 64.2 Å². The Bertz CT molecular complexity index is 719. The van der Waals surface area contributed by atoms with E-state index in [1.54, 1.807) is 0 Å². The van der Waals surface area contributed by atoms with Crippen molar-refractivity contribution >= 4 is 46.7 Å². The molecule has 0 aliphatic heterocycles. The Hall–Kier alpha value is -1.29. The fourth-order valence-electron chi connectivity index (χ4n) is 2.36. The van der Waals surface area contributed by atoms with E-state index < -0.39 is 0 Å². The van der Waals surface area contributed by atoms with Crippen molar-refractivity contribution in [2.75, 3.05) is 0 Å². The fraction of sp³-hybridized carbons (Fsp3) is 0. The van der Waals surface area contributed by atoms with E-state index in [4.69, 9.17) is 0 Å². The Morgan fingerprint density at radius 3 is 2.33 bits per heavy atom. The van der Waals surface area contributed by atoms with E-state index in [2.05, 4.69) is 91.1 Å². The van der Waals surface area contributed by atoms with Crippen LogP contribution in [0.4, 0.5) is 0 Å². The Kier molecular flexibility index (Phi) is 3.12. The molecule has 0 bridgehead atoms. The average Bonchev–Trinajstić information content (AvgIpc) is 2.39. The Morgan fingerprint density at radius 1 is 0.778 bits per heavy atom. The maximum Gasteiger partial charge on any atom is 0.140 e. The smallest absolute Gasteiger partial charge is 0.0812 e. The monoisotopic (exact) mass is 342 g/mol. The van der Waals surface area contributed by atoms with Crippen molar-refractivity contribution in [2.45, 2.75) is 0 Å². The summed E-state index contributed by atoms with van der Waals surface area (Å²) >= 11 is 2.36. The summed E-state index contributed by atoms with van der Waals surface area (Å²) in [7, 11) is 2.17. The van der Waals surface area contributed by atoms with Crippen LogP contribution < -0.4 is 5.46 Å². The molecule has 18 heavy (non-hydrogen) atoms. The predicted octanol–water partition coefficient (Wildman–Crippen LogP) is 3.37. The van der Waals surface area contributed by atoms with Crippen LogP contribution >= 0.6 is 22.6 Å². The van der Waals surface area contributed by atoms with Crippen molar-refractivity contribution < 1.29 is 0 Å². The quantitative estimate of drug-likeness (QED) is 0.470. The second kappa shape index (κ2) is 4.77. The molecular formula is C16H12BI. The molecule has 0 saturated carbocycles. The van der Waals surface area contributed by atoms with Crippen molar-refractivity contribution in [1.29, 1.82) is 0 Å². The molecule has 0 aliphatic carbocycles. The second-order valence-corrected chi connectivity index (χ2v) is 5.73. The summed E-state index contributed by atoms with van der Waals surface area (Å²) < 4.78 is 1.27. The molecule has 0 atom stereocenters. The molecule has 3 aromatic carbocycles. The van der Waals surface area contributed by atoms with Gasteiger partial charge in [-0.15, -0.1) is 0 Å². The van der Waals surface area contributed by atoms with Crippen LogP contribution in [0.3, 0.4) is 0 Å². The normalized spacial score (nSPS) is 10.7. The third-order valence-electron chi connectivity index (χ3n) is 3.28. The Labute approximate surface area is 122 Å². The molecule has 86 valence electrons. The first-order valence-electron chi connectivity index (χ1n) is 6.00. The largest absolute Gasteiger partial charge is 0.140 e. The highest BCUT2D eigenvalue weighted by molar-refractivity contribution is 14.1. The van der Waals surface area contributed by atoms with Crippen LogP contribution in [0.2, 0.25) is 0 Å². The zero-order valence-electron chi connectivity index (χ0n) is 10.2. The van der Waals surface area contributed by atoms with Gasteiger partial charge < -0.3 is 0 Å². The van der Waals surface area contributed by atoms with Gasteiger partial charge in [-0.2, -0.15) is 0 Å². The third-order valence-corrected chi connectivity index (χ3v) is 3.95. The average molecular weight is 342 g/mol. The van der Waals surface area contributed by atoms with Gasteiger partial charge in [0, 0.05) is 3.57 Å². The van der Waals surface area contributed by atoms with Gasteiger partial charge in [-0.1, -0.05) is 54.0 Å². The zero-order chi connectivity index (χ0) is 12.5. The topological polar surface area (TPSA) is 0 Å². The fourth-order valence-corrected chi connectivity index (χ4v) is 2.90. The highest BCUT2D eigenvalue weighted by Gasteiger charge is 2.05. The van der Waals surface area contributed by atoms with E-state index in [1.807, 2.05) is 0 Å². The Balaban J connectivity index is 2.33. The maximum absolute atomic E-state index is 2.36. The van der Waals surface area contributed by atoms with Crippen molar-refractivity contribution in [2.24, 2.45) is 0 Å². The van der Waals surface area contributed by atoms with Crippen LogP contribution in [-0.2, 0) is 0 Å². The molecule has 0 fully saturated rings. The first-order valence-corrected chi connectivity index (χ1v) is 7.08. The standard InChI is InChI=1S/C16H12BI/c17-16-9-8-13(11-4-3-5-12(18)10-11)14-6-1-2-7-15(14)16/h1-10H,17H2. The lowest BCUT2D eigenvalue weighted by Gasteiger charge is -2.09. The molecule has 0 amide bonds. The van der Waals surface area contributed by atoms with Crippen molar-refractivity contribution in [3.63, 3.8) is 0 Å². The highest BCUT2D eigenvalue weighted by atomic mass is 127. The maximum atomic E-state index is 2.36. The van der Waals surface area contributed by atoms with Gasteiger partial charge >= 0.3 is 0 Å². The van der Waals surface area contributed by atoms with Gasteiger partial charge in [0.25, 0.3) is 0 Å². The molecule has 0 N–H and O–H groups in total. The number of hydrogen-bond acceptors (Lipinski definition) is 0. The number of halogens is 1. The van der Waals surface area contributed by atoms with Gasteiger partial charge in [-0.25, -0.2) is 0 Å². The summed E-state index contributed by atoms with van der Waals surface area (Å²) in [6, 6.07) is 21.7. The Morgan fingerprint density at radius 2 is 1.56 bits per heavy atom. The van der Waals surface area contributed by atoms with Gasteiger partial charge in [0.1, 0.15) is 7.85 Å². The molecule has 0 aromatic heterocycles.